The fraction of sp³-hybridized carbons (Fsp3) is 0.389. The quantitative estimate of drug-likeness (QED) is 0.709. The van der Waals surface area contributed by atoms with Crippen LogP contribution in [-0.2, 0) is 11.3 Å². The van der Waals surface area contributed by atoms with E-state index in [2.05, 4.69) is 20.8 Å². The van der Waals surface area contributed by atoms with Gasteiger partial charge in [0.1, 0.15) is 5.58 Å². The summed E-state index contributed by atoms with van der Waals surface area (Å²) in [5, 5.41) is 15.5. The van der Waals surface area contributed by atoms with Crippen molar-refractivity contribution in [3.05, 3.63) is 45.6 Å². The van der Waals surface area contributed by atoms with Gasteiger partial charge in [-0.25, -0.2) is 9.48 Å². The second-order valence-electron chi connectivity index (χ2n) is 6.71. The van der Waals surface area contributed by atoms with E-state index in [1.807, 2.05) is 19.9 Å². The summed E-state index contributed by atoms with van der Waals surface area (Å²) in [6.45, 7) is 4.45. The third kappa shape index (κ3) is 2.87. The summed E-state index contributed by atoms with van der Waals surface area (Å²) >= 11 is 0. The molecule has 0 bridgehead atoms. The maximum atomic E-state index is 12.9. The van der Waals surface area contributed by atoms with Crippen molar-refractivity contribution in [3.63, 3.8) is 0 Å². The van der Waals surface area contributed by atoms with Gasteiger partial charge in [-0.05, 0) is 60.4 Å². The van der Waals surface area contributed by atoms with Gasteiger partial charge in [0.05, 0.1) is 5.92 Å². The molecule has 1 aliphatic rings. The van der Waals surface area contributed by atoms with Crippen LogP contribution in [-0.4, -0.2) is 26.1 Å². The number of rotatable bonds is 2. The fourth-order valence-corrected chi connectivity index (χ4v) is 3.43. The monoisotopic (exact) mass is 353 g/mol. The molecule has 1 aromatic carbocycles. The van der Waals surface area contributed by atoms with E-state index in [1.165, 1.54) is 6.07 Å². The van der Waals surface area contributed by atoms with Gasteiger partial charge in [-0.1, -0.05) is 6.42 Å². The number of amides is 1. The van der Waals surface area contributed by atoms with E-state index < -0.39 is 0 Å². The van der Waals surface area contributed by atoms with E-state index >= 15 is 0 Å². The first kappa shape index (κ1) is 16.4. The molecule has 0 saturated carbocycles. The predicted octanol–water partition coefficient (Wildman–Crippen LogP) is 2.30. The number of aromatic nitrogens is 4. The molecule has 0 saturated heterocycles. The molecule has 2 aromatic heterocycles. The lowest BCUT2D eigenvalue weighted by Crippen LogP contribution is -2.23. The molecule has 1 N–H and O–H groups in total. The van der Waals surface area contributed by atoms with Crippen molar-refractivity contribution in [2.45, 2.75) is 45.6 Å². The van der Waals surface area contributed by atoms with Gasteiger partial charge in [0.25, 0.3) is 0 Å². The molecule has 134 valence electrons. The Bertz CT molecular complexity index is 1050. The lowest BCUT2D eigenvalue weighted by atomic mass is 10.0. The topological polar surface area (TPSA) is 103 Å². The van der Waals surface area contributed by atoms with Crippen LogP contribution in [0.15, 0.2) is 27.4 Å². The van der Waals surface area contributed by atoms with E-state index in [4.69, 9.17) is 4.42 Å². The van der Waals surface area contributed by atoms with Crippen LogP contribution < -0.4 is 10.9 Å². The number of nitrogens with zero attached hydrogens (tertiary/aromatic N) is 4. The van der Waals surface area contributed by atoms with Gasteiger partial charge >= 0.3 is 5.63 Å². The molecule has 1 amide bonds. The molecule has 1 aliphatic heterocycles. The van der Waals surface area contributed by atoms with E-state index in [1.54, 1.807) is 10.7 Å². The molecule has 1 unspecified atom stereocenters. The maximum Gasteiger partial charge on any atom is 0.336 e. The zero-order valence-electron chi connectivity index (χ0n) is 14.7. The van der Waals surface area contributed by atoms with Gasteiger partial charge < -0.3 is 9.73 Å². The highest BCUT2D eigenvalue weighted by atomic mass is 16.4. The zero-order chi connectivity index (χ0) is 18.3. The van der Waals surface area contributed by atoms with Crippen LogP contribution >= 0.6 is 0 Å². The number of anilines is 1. The first-order chi connectivity index (χ1) is 12.5. The Labute approximate surface area is 149 Å². The van der Waals surface area contributed by atoms with Crippen molar-refractivity contribution < 1.29 is 9.21 Å². The van der Waals surface area contributed by atoms with E-state index in [0.29, 0.717) is 23.5 Å². The highest BCUT2D eigenvalue weighted by Gasteiger charge is 2.28. The van der Waals surface area contributed by atoms with Gasteiger partial charge in [0.2, 0.25) is 5.91 Å². The number of hydrogen-bond acceptors (Lipinski definition) is 6. The molecular weight excluding hydrogens is 334 g/mol. The highest BCUT2D eigenvalue weighted by molar-refractivity contribution is 5.98. The minimum Gasteiger partial charge on any atom is -0.423 e. The number of carbonyl (C=O) groups is 1. The largest absolute Gasteiger partial charge is 0.423 e. The van der Waals surface area contributed by atoms with Crippen LogP contribution in [0.2, 0.25) is 0 Å². The molecule has 3 heterocycles. The van der Waals surface area contributed by atoms with Gasteiger partial charge in [0, 0.05) is 23.7 Å². The summed E-state index contributed by atoms with van der Waals surface area (Å²) in [6, 6.07) is 5.07. The van der Waals surface area contributed by atoms with Crippen LogP contribution in [0, 0.1) is 13.8 Å². The molecule has 0 radical (unpaired) electrons. The number of carbonyl (C=O) groups excluding carboxylic acids is 1. The first-order valence-electron chi connectivity index (χ1n) is 8.65. The molecule has 0 aliphatic carbocycles. The minimum absolute atomic E-state index is 0.125. The van der Waals surface area contributed by atoms with Crippen molar-refractivity contribution >= 4 is 22.6 Å². The Kier molecular flexibility index (Phi) is 4.02. The fourth-order valence-electron chi connectivity index (χ4n) is 3.43. The summed E-state index contributed by atoms with van der Waals surface area (Å²) in [4.78, 5) is 24.5. The van der Waals surface area contributed by atoms with Gasteiger partial charge in [0.15, 0.2) is 5.82 Å². The number of tetrazole rings is 1. The number of hydrogen-bond donors (Lipinski definition) is 1. The second kappa shape index (κ2) is 6.36. The number of nitrogens with one attached hydrogen (secondary N) is 1. The molecule has 8 heteroatoms. The molecular formula is C18H19N5O3. The number of benzene rings is 1. The summed E-state index contributed by atoms with van der Waals surface area (Å²) in [5.41, 5.74) is 2.47. The highest BCUT2D eigenvalue weighted by Crippen LogP contribution is 2.29. The smallest absolute Gasteiger partial charge is 0.336 e. The molecule has 0 spiro atoms. The molecule has 1 atom stereocenters. The third-order valence-electron chi connectivity index (χ3n) is 4.85. The van der Waals surface area contributed by atoms with Crippen LogP contribution in [0.5, 0.6) is 0 Å². The minimum atomic E-state index is -0.378. The van der Waals surface area contributed by atoms with Crippen LogP contribution in [0.1, 0.15) is 42.1 Å². The Morgan fingerprint density at radius 1 is 1.23 bits per heavy atom. The molecule has 4 rings (SSSR count). The van der Waals surface area contributed by atoms with Crippen molar-refractivity contribution in [3.8, 4) is 0 Å². The van der Waals surface area contributed by atoms with E-state index in [9.17, 15) is 9.59 Å². The lowest BCUT2D eigenvalue weighted by Gasteiger charge is -2.15. The molecule has 8 nitrogen and oxygen atoms in total. The van der Waals surface area contributed by atoms with Crippen molar-refractivity contribution in [2.75, 3.05) is 5.32 Å². The Morgan fingerprint density at radius 2 is 2.08 bits per heavy atom. The average Bonchev–Trinajstić information content (AvgIpc) is 2.95. The van der Waals surface area contributed by atoms with Crippen LogP contribution in [0.25, 0.3) is 11.0 Å². The molecule has 26 heavy (non-hydrogen) atoms. The lowest BCUT2D eigenvalue weighted by molar-refractivity contribution is -0.117. The van der Waals surface area contributed by atoms with Crippen LogP contribution in [0.4, 0.5) is 5.69 Å². The van der Waals surface area contributed by atoms with Crippen LogP contribution in [0.3, 0.4) is 0 Å². The zero-order valence-corrected chi connectivity index (χ0v) is 14.7. The SMILES string of the molecule is Cc1cc2oc(=O)cc(C)c2cc1NC(=O)C1CCCCn2nnnc21. The van der Waals surface area contributed by atoms with Gasteiger partial charge in [-0.2, -0.15) is 0 Å². The van der Waals surface area contributed by atoms with E-state index in [0.717, 1.165) is 35.9 Å². The van der Waals surface area contributed by atoms with Crippen molar-refractivity contribution in [1.82, 2.24) is 20.2 Å². The summed E-state index contributed by atoms with van der Waals surface area (Å²) in [5.74, 6) is 0.110. The predicted molar refractivity (Wildman–Crippen MR) is 95.0 cm³/mol. The first-order valence-corrected chi connectivity index (χ1v) is 8.65. The van der Waals surface area contributed by atoms with Crippen molar-refractivity contribution in [2.24, 2.45) is 0 Å². The second-order valence-corrected chi connectivity index (χ2v) is 6.71. The summed E-state index contributed by atoms with van der Waals surface area (Å²) in [7, 11) is 0. The summed E-state index contributed by atoms with van der Waals surface area (Å²) < 4.78 is 6.97. The number of fused-ring (bicyclic) bond motifs is 2. The third-order valence-corrected chi connectivity index (χ3v) is 4.85. The summed E-state index contributed by atoms with van der Waals surface area (Å²) in [6.07, 6.45) is 2.60. The standard InChI is InChI=1S/C18H19N5O3/c1-10-8-16(24)26-15-7-11(2)14(9-13(10)15)19-18(25)12-5-3-4-6-23-17(12)20-21-22-23/h7-9,12H,3-6H2,1-2H3,(H,19,25). The van der Waals surface area contributed by atoms with Gasteiger partial charge in [-0.15, -0.1) is 5.10 Å². The molecule has 0 fully saturated rings. The maximum absolute atomic E-state index is 12.9. The van der Waals surface area contributed by atoms with Gasteiger partial charge in [-0.3, -0.25) is 4.79 Å². The normalized spacial score (nSPS) is 16.9. The van der Waals surface area contributed by atoms with Crippen molar-refractivity contribution in [1.29, 1.82) is 0 Å². The Balaban J connectivity index is 1.68. The molecule has 3 aromatic rings. The Hall–Kier alpha value is -3.03. The van der Waals surface area contributed by atoms with E-state index in [-0.39, 0.29) is 17.5 Å². The number of aryl methyl sites for hydroxylation is 3. The average molecular weight is 353 g/mol. The Morgan fingerprint density at radius 3 is 2.92 bits per heavy atom.